The molecule has 0 aliphatic rings. The average Bonchev–Trinajstić information content (AvgIpc) is 2.36. The highest BCUT2D eigenvalue weighted by Crippen LogP contribution is 2.22. The van der Waals surface area contributed by atoms with Crippen LogP contribution in [0.25, 0.3) is 0 Å². The highest BCUT2D eigenvalue weighted by molar-refractivity contribution is 8.00. The van der Waals surface area contributed by atoms with Gasteiger partial charge in [-0.05, 0) is 52.0 Å². The van der Waals surface area contributed by atoms with Crippen LogP contribution in [0.4, 0.5) is 0 Å². The molecule has 1 rings (SSSR count). The molecular formula is C15H23NO2S. The number of methoxy groups -OCH3 is 1. The number of carbonyl (C=O) groups excluding carboxylic acids is 1. The Morgan fingerprint density at radius 3 is 2.11 bits per heavy atom. The van der Waals surface area contributed by atoms with Gasteiger partial charge in [-0.2, -0.15) is 0 Å². The molecule has 0 atom stereocenters. The molecular weight excluding hydrogens is 258 g/mol. The Labute approximate surface area is 120 Å². The van der Waals surface area contributed by atoms with E-state index in [0.717, 1.165) is 10.6 Å². The summed E-state index contributed by atoms with van der Waals surface area (Å²) in [4.78, 5) is 15.2. The first-order chi connectivity index (χ1) is 8.95. The summed E-state index contributed by atoms with van der Waals surface area (Å²) in [6.07, 6.45) is 0. The third kappa shape index (κ3) is 4.78. The van der Waals surface area contributed by atoms with Crippen molar-refractivity contribution in [3.63, 3.8) is 0 Å². The van der Waals surface area contributed by atoms with Crippen LogP contribution in [0.3, 0.4) is 0 Å². The maximum absolute atomic E-state index is 12.2. The van der Waals surface area contributed by atoms with Crippen LogP contribution in [0.15, 0.2) is 29.2 Å². The van der Waals surface area contributed by atoms with Crippen molar-refractivity contribution in [3.05, 3.63) is 24.3 Å². The van der Waals surface area contributed by atoms with E-state index < -0.39 is 0 Å². The molecule has 19 heavy (non-hydrogen) atoms. The van der Waals surface area contributed by atoms with Gasteiger partial charge in [0.15, 0.2) is 0 Å². The summed E-state index contributed by atoms with van der Waals surface area (Å²) in [5, 5.41) is 0. The molecule has 1 aromatic carbocycles. The minimum absolute atomic E-state index is 0.186. The van der Waals surface area contributed by atoms with Crippen molar-refractivity contribution in [2.75, 3.05) is 12.9 Å². The lowest BCUT2D eigenvalue weighted by Gasteiger charge is -2.30. The molecule has 4 heteroatoms. The molecule has 0 aliphatic carbocycles. The number of amides is 1. The second-order valence-corrected chi connectivity index (χ2v) is 6.00. The smallest absolute Gasteiger partial charge is 0.233 e. The van der Waals surface area contributed by atoms with E-state index in [1.54, 1.807) is 18.9 Å². The number of carbonyl (C=O) groups is 1. The maximum atomic E-state index is 12.2. The summed E-state index contributed by atoms with van der Waals surface area (Å²) >= 11 is 1.56. The highest BCUT2D eigenvalue weighted by Gasteiger charge is 2.19. The zero-order chi connectivity index (χ0) is 14.4. The SMILES string of the molecule is COc1ccc(SCC(=O)N(C(C)C)C(C)C)cc1. The van der Waals surface area contributed by atoms with Gasteiger partial charge in [-0.1, -0.05) is 0 Å². The molecule has 0 spiro atoms. The first-order valence-corrected chi connectivity index (χ1v) is 7.52. The fraction of sp³-hybridized carbons (Fsp3) is 0.533. The summed E-state index contributed by atoms with van der Waals surface area (Å²) in [7, 11) is 1.65. The second-order valence-electron chi connectivity index (χ2n) is 4.95. The third-order valence-electron chi connectivity index (χ3n) is 2.82. The summed E-state index contributed by atoms with van der Waals surface area (Å²) < 4.78 is 5.11. The van der Waals surface area contributed by atoms with Gasteiger partial charge < -0.3 is 9.64 Å². The fourth-order valence-electron chi connectivity index (χ4n) is 2.06. The molecule has 0 N–H and O–H groups in total. The van der Waals surface area contributed by atoms with Gasteiger partial charge in [0, 0.05) is 17.0 Å². The number of rotatable bonds is 6. The van der Waals surface area contributed by atoms with Crippen LogP contribution in [0.5, 0.6) is 5.75 Å². The van der Waals surface area contributed by atoms with E-state index in [-0.39, 0.29) is 18.0 Å². The predicted molar refractivity (Wildman–Crippen MR) is 80.8 cm³/mol. The Kier molecular flexibility index (Phi) is 6.22. The van der Waals surface area contributed by atoms with E-state index in [1.165, 1.54) is 0 Å². The first-order valence-electron chi connectivity index (χ1n) is 6.53. The Balaban J connectivity index is 2.57. The average molecular weight is 281 g/mol. The minimum atomic E-state index is 0.186. The van der Waals surface area contributed by atoms with Crippen molar-refractivity contribution in [2.24, 2.45) is 0 Å². The van der Waals surface area contributed by atoms with Gasteiger partial charge in [-0.15, -0.1) is 11.8 Å². The van der Waals surface area contributed by atoms with Crippen LogP contribution in [0.2, 0.25) is 0 Å². The zero-order valence-electron chi connectivity index (χ0n) is 12.3. The summed E-state index contributed by atoms with van der Waals surface area (Å²) in [6.45, 7) is 8.21. The molecule has 0 aromatic heterocycles. The molecule has 0 saturated heterocycles. The Morgan fingerprint density at radius 2 is 1.68 bits per heavy atom. The van der Waals surface area contributed by atoms with Crippen LogP contribution in [-0.4, -0.2) is 35.8 Å². The van der Waals surface area contributed by atoms with Crippen molar-refractivity contribution in [1.82, 2.24) is 4.90 Å². The van der Waals surface area contributed by atoms with Crippen LogP contribution in [0, 0.1) is 0 Å². The van der Waals surface area contributed by atoms with E-state index in [1.807, 2.05) is 29.2 Å². The summed E-state index contributed by atoms with van der Waals surface area (Å²) in [5.74, 6) is 1.50. The molecule has 0 unspecified atom stereocenters. The number of nitrogens with zero attached hydrogens (tertiary/aromatic N) is 1. The third-order valence-corrected chi connectivity index (χ3v) is 3.82. The van der Waals surface area contributed by atoms with Gasteiger partial charge in [-0.3, -0.25) is 4.79 Å². The number of hydrogen-bond acceptors (Lipinski definition) is 3. The van der Waals surface area contributed by atoms with Gasteiger partial charge in [0.1, 0.15) is 5.75 Å². The quantitative estimate of drug-likeness (QED) is 0.748. The van der Waals surface area contributed by atoms with Crippen LogP contribution >= 0.6 is 11.8 Å². The number of benzene rings is 1. The molecule has 1 aromatic rings. The van der Waals surface area contributed by atoms with Gasteiger partial charge in [-0.25, -0.2) is 0 Å². The highest BCUT2D eigenvalue weighted by atomic mass is 32.2. The van der Waals surface area contributed by atoms with Gasteiger partial charge in [0.2, 0.25) is 5.91 Å². The van der Waals surface area contributed by atoms with E-state index in [2.05, 4.69) is 27.7 Å². The van der Waals surface area contributed by atoms with E-state index in [0.29, 0.717) is 5.75 Å². The topological polar surface area (TPSA) is 29.5 Å². The minimum Gasteiger partial charge on any atom is -0.497 e. The normalized spacial score (nSPS) is 10.9. The molecule has 1 amide bonds. The van der Waals surface area contributed by atoms with Crippen molar-refractivity contribution in [2.45, 2.75) is 44.7 Å². The van der Waals surface area contributed by atoms with Gasteiger partial charge >= 0.3 is 0 Å². The fourth-order valence-corrected chi connectivity index (χ4v) is 2.83. The number of ether oxygens (including phenoxy) is 1. The number of thioether (sulfide) groups is 1. The van der Waals surface area contributed by atoms with E-state index >= 15 is 0 Å². The summed E-state index contributed by atoms with van der Waals surface area (Å²) in [5.41, 5.74) is 0. The maximum Gasteiger partial charge on any atom is 0.233 e. The molecule has 0 radical (unpaired) electrons. The number of hydrogen-bond donors (Lipinski definition) is 0. The Hall–Kier alpha value is -1.16. The van der Waals surface area contributed by atoms with Crippen LogP contribution < -0.4 is 4.74 Å². The van der Waals surface area contributed by atoms with E-state index in [4.69, 9.17) is 4.74 Å². The lowest BCUT2D eigenvalue weighted by Crippen LogP contribution is -2.43. The van der Waals surface area contributed by atoms with Crippen LogP contribution in [-0.2, 0) is 4.79 Å². The van der Waals surface area contributed by atoms with E-state index in [9.17, 15) is 4.79 Å². The molecule has 0 aliphatic heterocycles. The lowest BCUT2D eigenvalue weighted by molar-refractivity contribution is -0.131. The largest absolute Gasteiger partial charge is 0.497 e. The Bertz CT molecular complexity index is 393. The van der Waals surface area contributed by atoms with Crippen LogP contribution in [0.1, 0.15) is 27.7 Å². The van der Waals surface area contributed by atoms with Gasteiger partial charge in [0.05, 0.1) is 12.9 Å². The van der Waals surface area contributed by atoms with Crippen molar-refractivity contribution >= 4 is 17.7 Å². The first kappa shape index (κ1) is 15.9. The van der Waals surface area contributed by atoms with Crippen molar-refractivity contribution < 1.29 is 9.53 Å². The molecule has 0 saturated carbocycles. The predicted octanol–water partition coefficient (Wildman–Crippen LogP) is 3.43. The van der Waals surface area contributed by atoms with Crippen molar-refractivity contribution in [3.8, 4) is 5.75 Å². The molecule has 0 heterocycles. The Morgan fingerprint density at radius 1 is 1.16 bits per heavy atom. The summed E-state index contributed by atoms with van der Waals surface area (Å²) in [6, 6.07) is 8.26. The molecule has 106 valence electrons. The molecule has 0 bridgehead atoms. The zero-order valence-corrected chi connectivity index (χ0v) is 13.2. The standard InChI is InChI=1S/C15H23NO2S/c1-11(2)16(12(3)4)15(17)10-19-14-8-6-13(18-5)7-9-14/h6-9,11-12H,10H2,1-5H3. The monoisotopic (exact) mass is 281 g/mol. The van der Waals surface area contributed by atoms with Gasteiger partial charge in [0.25, 0.3) is 0 Å². The second kappa shape index (κ2) is 7.43. The van der Waals surface area contributed by atoms with Crippen molar-refractivity contribution in [1.29, 1.82) is 0 Å². The lowest BCUT2D eigenvalue weighted by atomic mass is 10.2. The molecule has 3 nitrogen and oxygen atoms in total. The molecule has 0 fully saturated rings.